The fraction of sp³-hybridized carbons (Fsp3) is 0.400. The molecule has 0 radical (unpaired) electrons. The second kappa shape index (κ2) is 6.13. The second-order valence-corrected chi connectivity index (χ2v) is 3.31. The monoisotopic (exact) mass is 232 g/mol. The highest BCUT2D eigenvalue weighted by Crippen LogP contribution is 2.10. The summed E-state index contributed by atoms with van der Waals surface area (Å²) in [4.78, 5) is 13.4. The summed E-state index contributed by atoms with van der Waals surface area (Å²) in [6.07, 6.45) is 1.77. The SMILES string of the molecule is N#CCCN(CCC#N)C(=O)c1[nH]ncc1N. The van der Waals surface area contributed by atoms with Gasteiger partial charge in [-0.25, -0.2) is 0 Å². The molecule has 0 aliphatic carbocycles. The highest BCUT2D eigenvalue weighted by Gasteiger charge is 2.19. The molecule has 17 heavy (non-hydrogen) atoms. The number of aromatic amines is 1. The number of nitrogens with two attached hydrogens (primary N) is 1. The van der Waals surface area contributed by atoms with Crippen LogP contribution < -0.4 is 5.73 Å². The van der Waals surface area contributed by atoms with E-state index in [2.05, 4.69) is 10.2 Å². The fourth-order valence-electron chi connectivity index (χ4n) is 1.31. The minimum absolute atomic E-state index is 0.195. The molecule has 0 bridgehead atoms. The van der Waals surface area contributed by atoms with Gasteiger partial charge in [-0.05, 0) is 0 Å². The highest BCUT2D eigenvalue weighted by atomic mass is 16.2. The van der Waals surface area contributed by atoms with Crippen LogP contribution in [-0.2, 0) is 0 Å². The Morgan fingerprint density at radius 1 is 1.41 bits per heavy atom. The van der Waals surface area contributed by atoms with Crippen LogP contribution in [-0.4, -0.2) is 34.1 Å². The van der Waals surface area contributed by atoms with E-state index in [1.54, 1.807) is 0 Å². The molecule has 1 amide bonds. The summed E-state index contributed by atoms with van der Waals surface area (Å²) in [6.45, 7) is 0.547. The van der Waals surface area contributed by atoms with Gasteiger partial charge in [0.2, 0.25) is 0 Å². The van der Waals surface area contributed by atoms with Crippen LogP contribution in [0, 0.1) is 22.7 Å². The Morgan fingerprint density at radius 2 is 2.00 bits per heavy atom. The largest absolute Gasteiger partial charge is 0.396 e. The highest BCUT2D eigenvalue weighted by molar-refractivity contribution is 5.97. The molecule has 7 heteroatoms. The molecule has 0 saturated heterocycles. The van der Waals surface area contributed by atoms with Crippen LogP contribution in [0.3, 0.4) is 0 Å². The van der Waals surface area contributed by atoms with Crippen molar-refractivity contribution in [3.8, 4) is 12.1 Å². The number of hydrogen-bond donors (Lipinski definition) is 2. The summed E-state index contributed by atoms with van der Waals surface area (Å²) in [5.74, 6) is -0.342. The van der Waals surface area contributed by atoms with E-state index in [0.717, 1.165) is 0 Å². The van der Waals surface area contributed by atoms with Crippen molar-refractivity contribution in [2.24, 2.45) is 0 Å². The molecule has 0 unspecified atom stereocenters. The van der Waals surface area contributed by atoms with Crippen molar-refractivity contribution in [3.05, 3.63) is 11.9 Å². The van der Waals surface area contributed by atoms with E-state index in [-0.39, 0.29) is 43.2 Å². The van der Waals surface area contributed by atoms with Gasteiger partial charge >= 0.3 is 0 Å². The van der Waals surface area contributed by atoms with E-state index < -0.39 is 0 Å². The Labute approximate surface area is 98.4 Å². The maximum atomic E-state index is 12.0. The molecular weight excluding hydrogens is 220 g/mol. The van der Waals surface area contributed by atoms with Gasteiger partial charge in [0, 0.05) is 13.1 Å². The average molecular weight is 232 g/mol. The van der Waals surface area contributed by atoms with Crippen molar-refractivity contribution >= 4 is 11.6 Å². The van der Waals surface area contributed by atoms with Crippen LogP contribution in [0.1, 0.15) is 23.3 Å². The smallest absolute Gasteiger partial charge is 0.274 e. The number of hydrogen-bond acceptors (Lipinski definition) is 5. The molecular formula is C10H12N6O. The zero-order valence-electron chi connectivity index (χ0n) is 9.18. The number of nitrogens with one attached hydrogen (secondary N) is 1. The molecule has 0 aromatic carbocycles. The quantitative estimate of drug-likeness (QED) is 0.753. The van der Waals surface area contributed by atoms with Gasteiger partial charge in [-0.1, -0.05) is 0 Å². The molecule has 7 nitrogen and oxygen atoms in total. The van der Waals surface area contributed by atoms with Gasteiger partial charge in [0.25, 0.3) is 5.91 Å². The first kappa shape index (κ1) is 12.5. The molecule has 3 N–H and O–H groups in total. The minimum Gasteiger partial charge on any atom is -0.396 e. The Hall–Kier alpha value is -2.54. The first-order valence-corrected chi connectivity index (χ1v) is 5.02. The number of amides is 1. The van der Waals surface area contributed by atoms with Crippen molar-refractivity contribution in [1.82, 2.24) is 15.1 Å². The third-order valence-electron chi connectivity index (χ3n) is 2.16. The standard InChI is InChI=1S/C10H12N6O/c11-3-1-5-16(6-2-4-12)10(17)9-8(13)7-14-15-9/h7H,1-2,5-6,13H2,(H,14,15). The van der Waals surface area contributed by atoms with Gasteiger partial charge in [0.1, 0.15) is 5.69 Å². The molecule has 0 atom stereocenters. The van der Waals surface area contributed by atoms with Gasteiger partial charge in [-0.3, -0.25) is 9.89 Å². The van der Waals surface area contributed by atoms with Gasteiger partial charge in [-0.15, -0.1) is 0 Å². The van der Waals surface area contributed by atoms with Crippen LogP contribution in [0.4, 0.5) is 5.69 Å². The molecule has 1 heterocycles. The van der Waals surface area contributed by atoms with E-state index >= 15 is 0 Å². The molecule has 1 aromatic rings. The normalized spacial score (nSPS) is 9.29. The average Bonchev–Trinajstić information content (AvgIpc) is 2.75. The molecule has 0 aliphatic heterocycles. The third kappa shape index (κ3) is 3.21. The first-order chi connectivity index (χ1) is 8.20. The van der Waals surface area contributed by atoms with Crippen LogP contribution in [0.2, 0.25) is 0 Å². The van der Waals surface area contributed by atoms with Gasteiger partial charge in [-0.2, -0.15) is 15.6 Å². The Balaban J connectivity index is 2.76. The number of carbonyl (C=O) groups excluding carboxylic acids is 1. The minimum atomic E-state index is -0.342. The zero-order chi connectivity index (χ0) is 12.7. The summed E-state index contributed by atoms with van der Waals surface area (Å²) >= 11 is 0. The molecule has 1 rings (SSSR count). The summed E-state index contributed by atoms with van der Waals surface area (Å²) in [6, 6.07) is 3.91. The number of nitriles is 2. The fourth-order valence-corrected chi connectivity index (χ4v) is 1.31. The number of rotatable bonds is 5. The lowest BCUT2D eigenvalue weighted by Gasteiger charge is -2.19. The second-order valence-electron chi connectivity index (χ2n) is 3.31. The molecule has 0 saturated carbocycles. The number of aromatic nitrogens is 2. The lowest BCUT2D eigenvalue weighted by atomic mass is 10.3. The summed E-state index contributed by atoms with van der Waals surface area (Å²) in [5.41, 5.74) is 6.02. The predicted octanol–water partition coefficient (Wildman–Crippen LogP) is 0.261. The number of carbonyl (C=O) groups is 1. The van der Waals surface area contributed by atoms with Crippen molar-refractivity contribution in [2.75, 3.05) is 18.8 Å². The molecule has 0 spiro atoms. The van der Waals surface area contributed by atoms with E-state index in [0.29, 0.717) is 0 Å². The lowest BCUT2D eigenvalue weighted by Crippen LogP contribution is -2.33. The first-order valence-electron chi connectivity index (χ1n) is 5.02. The van der Waals surface area contributed by atoms with E-state index in [1.807, 2.05) is 12.1 Å². The van der Waals surface area contributed by atoms with E-state index in [1.165, 1.54) is 11.1 Å². The number of nitrogen functional groups attached to an aromatic ring is 1. The van der Waals surface area contributed by atoms with E-state index in [4.69, 9.17) is 16.3 Å². The van der Waals surface area contributed by atoms with Crippen LogP contribution >= 0.6 is 0 Å². The van der Waals surface area contributed by atoms with Crippen molar-refractivity contribution < 1.29 is 4.79 Å². The molecule has 88 valence electrons. The summed E-state index contributed by atoms with van der Waals surface area (Å²) in [7, 11) is 0. The van der Waals surface area contributed by atoms with Crippen molar-refractivity contribution in [3.63, 3.8) is 0 Å². The van der Waals surface area contributed by atoms with Gasteiger partial charge in [0.05, 0.1) is 36.9 Å². The summed E-state index contributed by atoms with van der Waals surface area (Å²) < 4.78 is 0. The predicted molar refractivity (Wildman–Crippen MR) is 59.4 cm³/mol. The Kier molecular flexibility index (Phi) is 4.52. The molecule has 1 aromatic heterocycles. The summed E-state index contributed by atoms with van der Waals surface area (Å²) in [5, 5.41) is 23.2. The maximum Gasteiger partial charge on any atom is 0.274 e. The topological polar surface area (TPSA) is 123 Å². The zero-order valence-corrected chi connectivity index (χ0v) is 9.18. The third-order valence-corrected chi connectivity index (χ3v) is 2.16. The number of anilines is 1. The molecule has 0 aliphatic rings. The van der Waals surface area contributed by atoms with Gasteiger partial charge in [0.15, 0.2) is 0 Å². The van der Waals surface area contributed by atoms with Gasteiger partial charge < -0.3 is 10.6 Å². The van der Waals surface area contributed by atoms with Crippen LogP contribution in [0.15, 0.2) is 6.20 Å². The Morgan fingerprint density at radius 3 is 2.41 bits per heavy atom. The lowest BCUT2D eigenvalue weighted by molar-refractivity contribution is 0.0757. The van der Waals surface area contributed by atoms with E-state index in [9.17, 15) is 4.79 Å². The van der Waals surface area contributed by atoms with Crippen LogP contribution in [0.5, 0.6) is 0 Å². The molecule has 0 fully saturated rings. The van der Waals surface area contributed by atoms with Crippen molar-refractivity contribution in [1.29, 1.82) is 10.5 Å². The number of nitrogens with zero attached hydrogens (tertiary/aromatic N) is 4. The maximum absolute atomic E-state index is 12.0. The van der Waals surface area contributed by atoms with Crippen molar-refractivity contribution in [2.45, 2.75) is 12.8 Å². The Bertz CT molecular complexity index is 448. The van der Waals surface area contributed by atoms with Crippen LogP contribution in [0.25, 0.3) is 0 Å². The number of H-pyrrole nitrogens is 1.